The van der Waals surface area contributed by atoms with Crippen LogP contribution in [0.3, 0.4) is 0 Å². The lowest BCUT2D eigenvalue weighted by molar-refractivity contribution is -0.125. The Labute approximate surface area is 130 Å². The predicted octanol–water partition coefficient (Wildman–Crippen LogP) is 1.29. The van der Waals surface area contributed by atoms with E-state index in [0.717, 1.165) is 5.69 Å². The lowest BCUT2D eigenvalue weighted by atomic mass is 10.0. The molecule has 1 amide bonds. The smallest absolute Gasteiger partial charge is 0.224 e. The standard InChI is InChI=1S/C14H19N5O.ClH/c1-10(11(2)15)14(20)16-8-13-18-17-9-19(13)12-6-4-3-5-7-12;/h3-7,9-11H,8,15H2,1-2H3,(H,16,20);1H. The first-order chi connectivity index (χ1) is 9.59. The highest BCUT2D eigenvalue weighted by Crippen LogP contribution is 2.09. The molecule has 6 nitrogen and oxygen atoms in total. The zero-order chi connectivity index (χ0) is 14.5. The SMILES string of the molecule is CC(N)C(C)C(=O)NCc1nncn1-c1ccccc1.Cl. The summed E-state index contributed by atoms with van der Waals surface area (Å²) >= 11 is 0. The maximum absolute atomic E-state index is 11.9. The molecule has 1 aromatic carbocycles. The van der Waals surface area contributed by atoms with Gasteiger partial charge in [0.25, 0.3) is 0 Å². The average molecular weight is 310 g/mol. The van der Waals surface area contributed by atoms with Crippen molar-refractivity contribution in [3.8, 4) is 5.69 Å². The van der Waals surface area contributed by atoms with Crippen LogP contribution in [0.25, 0.3) is 5.69 Å². The quantitative estimate of drug-likeness (QED) is 0.871. The third-order valence-electron chi connectivity index (χ3n) is 3.28. The lowest BCUT2D eigenvalue weighted by Crippen LogP contribution is -2.38. The van der Waals surface area contributed by atoms with Gasteiger partial charge in [-0.2, -0.15) is 0 Å². The summed E-state index contributed by atoms with van der Waals surface area (Å²) < 4.78 is 1.84. The van der Waals surface area contributed by atoms with Crippen molar-refractivity contribution < 1.29 is 4.79 Å². The molecule has 0 bridgehead atoms. The maximum Gasteiger partial charge on any atom is 0.224 e. The number of carbonyl (C=O) groups is 1. The van der Waals surface area contributed by atoms with Gasteiger partial charge in [0.05, 0.1) is 6.54 Å². The first kappa shape index (κ1) is 17.1. The number of para-hydroxylation sites is 1. The highest BCUT2D eigenvalue weighted by atomic mass is 35.5. The predicted molar refractivity (Wildman–Crippen MR) is 83.3 cm³/mol. The Kier molecular flexibility index (Phi) is 6.33. The summed E-state index contributed by atoms with van der Waals surface area (Å²) in [4.78, 5) is 11.9. The molecule has 2 rings (SSSR count). The molecule has 2 unspecified atom stereocenters. The number of amides is 1. The molecule has 1 heterocycles. The summed E-state index contributed by atoms with van der Waals surface area (Å²) in [6, 6.07) is 9.56. The molecular weight excluding hydrogens is 290 g/mol. The third-order valence-corrected chi connectivity index (χ3v) is 3.28. The highest BCUT2D eigenvalue weighted by Gasteiger charge is 2.17. The molecule has 3 N–H and O–H groups in total. The van der Waals surface area contributed by atoms with Gasteiger partial charge in [0.2, 0.25) is 5.91 Å². The van der Waals surface area contributed by atoms with Crippen LogP contribution in [0, 0.1) is 5.92 Å². The topological polar surface area (TPSA) is 85.8 Å². The van der Waals surface area contributed by atoms with Crippen molar-refractivity contribution in [3.05, 3.63) is 42.5 Å². The fraction of sp³-hybridized carbons (Fsp3) is 0.357. The largest absolute Gasteiger partial charge is 0.349 e. The molecule has 0 fully saturated rings. The second-order valence-corrected chi connectivity index (χ2v) is 4.82. The van der Waals surface area contributed by atoms with Crippen molar-refractivity contribution in [2.45, 2.75) is 26.4 Å². The van der Waals surface area contributed by atoms with Gasteiger partial charge in [-0.15, -0.1) is 22.6 Å². The van der Waals surface area contributed by atoms with Gasteiger partial charge in [0, 0.05) is 17.6 Å². The van der Waals surface area contributed by atoms with Crippen LogP contribution in [0.1, 0.15) is 19.7 Å². The first-order valence-corrected chi connectivity index (χ1v) is 6.57. The van der Waals surface area contributed by atoms with E-state index in [0.29, 0.717) is 12.4 Å². The summed E-state index contributed by atoms with van der Waals surface area (Å²) in [7, 11) is 0. The normalized spacial score (nSPS) is 13.1. The number of benzene rings is 1. The zero-order valence-electron chi connectivity index (χ0n) is 12.1. The summed E-state index contributed by atoms with van der Waals surface area (Å²) in [6.07, 6.45) is 1.63. The van der Waals surface area contributed by atoms with Crippen LogP contribution in [-0.2, 0) is 11.3 Å². The van der Waals surface area contributed by atoms with Crippen LogP contribution in [-0.4, -0.2) is 26.7 Å². The number of nitrogens with two attached hydrogens (primary N) is 1. The van der Waals surface area contributed by atoms with Crippen LogP contribution in [0.2, 0.25) is 0 Å². The van der Waals surface area contributed by atoms with Crippen LogP contribution < -0.4 is 11.1 Å². The number of nitrogens with one attached hydrogen (secondary N) is 1. The summed E-state index contributed by atoms with van der Waals surface area (Å²) in [5, 5.41) is 10.8. The van der Waals surface area contributed by atoms with Gasteiger partial charge in [-0.05, 0) is 19.1 Å². The summed E-state index contributed by atoms with van der Waals surface area (Å²) in [6.45, 7) is 3.95. The fourth-order valence-electron chi connectivity index (χ4n) is 1.75. The van der Waals surface area contributed by atoms with Crippen LogP contribution in [0.15, 0.2) is 36.7 Å². The van der Waals surface area contributed by atoms with E-state index < -0.39 is 0 Å². The fourth-order valence-corrected chi connectivity index (χ4v) is 1.75. The Morgan fingerprint density at radius 2 is 2.00 bits per heavy atom. The summed E-state index contributed by atoms with van der Waals surface area (Å²) in [5.74, 6) is 0.368. The molecule has 2 aromatic rings. The zero-order valence-corrected chi connectivity index (χ0v) is 12.9. The molecular formula is C14H20ClN5O. The van der Waals surface area contributed by atoms with Crippen molar-refractivity contribution >= 4 is 18.3 Å². The molecule has 21 heavy (non-hydrogen) atoms. The average Bonchev–Trinajstić information content (AvgIpc) is 2.93. The molecule has 0 saturated heterocycles. The van der Waals surface area contributed by atoms with Gasteiger partial charge in [-0.1, -0.05) is 25.1 Å². The molecule has 114 valence electrons. The van der Waals surface area contributed by atoms with E-state index in [-0.39, 0.29) is 30.3 Å². The van der Waals surface area contributed by atoms with Crippen molar-refractivity contribution in [2.24, 2.45) is 11.7 Å². The molecule has 0 aliphatic heterocycles. The van der Waals surface area contributed by atoms with E-state index in [1.54, 1.807) is 6.33 Å². The molecule has 1 aromatic heterocycles. The van der Waals surface area contributed by atoms with Gasteiger partial charge in [-0.25, -0.2) is 0 Å². The minimum atomic E-state index is -0.233. The van der Waals surface area contributed by atoms with Crippen LogP contribution >= 0.6 is 12.4 Å². The van der Waals surface area contributed by atoms with Gasteiger partial charge < -0.3 is 11.1 Å². The number of halogens is 1. The minimum absolute atomic E-state index is 0. The molecule has 0 aliphatic rings. The van der Waals surface area contributed by atoms with E-state index in [2.05, 4.69) is 15.5 Å². The van der Waals surface area contributed by atoms with Crippen molar-refractivity contribution in [1.82, 2.24) is 20.1 Å². The van der Waals surface area contributed by atoms with Crippen LogP contribution in [0.4, 0.5) is 0 Å². The highest BCUT2D eigenvalue weighted by molar-refractivity contribution is 5.85. The van der Waals surface area contributed by atoms with E-state index in [4.69, 9.17) is 5.73 Å². The number of hydrogen-bond donors (Lipinski definition) is 2. The lowest BCUT2D eigenvalue weighted by Gasteiger charge is -2.15. The Bertz CT molecular complexity index is 570. The number of carbonyl (C=O) groups excluding carboxylic acids is 1. The first-order valence-electron chi connectivity index (χ1n) is 6.57. The minimum Gasteiger partial charge on any atom is -0.349 e. The Hall–Kier alpha value is -1.92. The van der Waals surface area contributed by atoms with Gasteiger partial charge in [0.1, 0.15) is 6.33 Å². The van der Waals surface area contributed by atoms with Gasteiger partial charge in [-0.3, -0.25) is 9.36 Å². The maximum atomic E-state index is 11.9. The van der Waals surface area contributed by atoms with E-state index in [9.17, 15) is 4.79 Å². The molecule has 0 aliphatic carbocycles. The number of rotatable bonds is 5. The number of aromatic nitrogens is 3. The Morgan fingerprint density at radius 1 is 1.33 bits per heavy atom. The van der Waals surface area contributed by atoms with Crippen molar-refractivity contribution in [3.63, 3.8) is 0 Å². The van der Waals surface area contributed by atoms with Gasteiger partial charge >= 0.3 is 0 Å². The second kappa shape index (κ2) is 7.75. The number of nitrogens with zero attached hydrogens (tertiary/aromatic N) is 3. The molecule has 2 atom stereocenters. The van der Waals surface area contributed by atoms with Crippen LogP contribution in [0.5, 0.6) is 0 Å². The summed E-state index contributed by atoms with van der Waals surface area (Å²) in [5.41, 5.74) is 6.67. The van der Waals surface area contributed by atoms with E-state index >= 15 is 0 Å². The van der Waals surface area contributed by atoms with Crippen molar-refractivity contribution in [1.29, 1.82) is 0 Å². The van der Waals surface area contributed by atoms with E-state index in [1.807, 2.05) is 48.7 Å². The molecule has 7 heteroatoms. The third kappa shape index (κ3) is 4.27. The molecule has 0 spiro atoms. The molecule has 0 saturated carbocycles. The molecule has 0 radical (unpaired) electrons. The monoisotopic (exact) mass is 309 g/mol. The van der Waals surface area contributed by atoms with Gasteiger partial charge in [0.15, 0.2) is 5.82 Å². The number of hydrogen-bond acceptors (Lipinski definition) is 4. The Balaban J connectivity index is 0.00000220. The van der Waals surface area contributed by atoms with Crippen molar-refractivity contribution in [2.75, 3.05) is 0 Å². The van der Waals surface area contributed by atoms with E-state index in [1.165, 1.54) is 0 Å². The Morgan fingerprint density at radius 3 is 2.62 bits per heavy atom. The second-order valence-electron chi connectivity index (χ2n) is 4.82.